The van der Waals surface area contributed by atoms with Crippen molar-refractivity contribution in [2.75, 3.05) is 26.7 Å². The molecule has 0 heterocycles. The summed E-state index contributed by atoms with van der Waals surface area (Å²) in [6.07, 6.45) is 4.51. The molecule has 194 valence electrons. The van der Waals surface area contributed by atoms with E-state index in [1.807, 2.05) is 33.0 Å². The van der Waals surface area contributed by atoms with Crippen LogP contribution in [0.2, 0.25) is 0 Å². The summed E-state index contributed by atoms with van der Waals surface area (Å²) in [5.74, 6) is 0.495. The van der Waals surface area contributed by atoms with Crippen molar-refractivity contribution >= 4 is 24.1 Å². The highest BCUT2D eigenvalue weighted by Gasteiger charge is 2.32. The highest BCUT2D eigenvalue weighted by Crippen LogP contribution is 2.33. The van der Waals surface area contributed by atoms with Gasteiger partial charge in [0.25, 0.3) is 0 Å². The molecule has 0 aliphatic heterocycles. The molecule has 0 spiro atoms. The summed E-state index contributed by atoms with van der Waals surface area (Å²) in [4.78, 5) is 36.5. The lowest BCUT2D eigenvalue weighted by Crippen LogP contribution is -2.54. The summed E-state index contributed by atoms with van der Waals surface area (Å²) < 4.78 is 5.85. The summed E-state index contributed by atoms with van der Waals surface area (Å²) in [5.41, 5.74) is 7.19. The molecule has 10 nitrogen and oxygen atoms in total. The molecular weight excluding hydrogens is 448 g/mol. The predicted octanol–water partition coefficient (Wildman–Crippen LogP) is 0.673. The summed E-state index contributed by atoms with van der Waals surface area (Å²) in [6.45, 7) is 5.33. The summed E-state index contributed by atoms with van der Waals surface area (Å²) in [6, 6.07) is 4.11. The van der Waals surface area contributed by atoms with Crippen LogP contribution in [0.15, 0.2) is 18.2 Å². The zero-order valence-electron chi connectivity index (χ0n) is 21.0. The SMILES string of the molecule is CNCCOc1ccc(C(=N)N)cc1CCCNC(=O)[C@H](CC1CC1)NC(=O)[C@H](NC=O)C(C)C. The van der Waals surface area contributed by atoms with Crippen molar-refractivity contribution in [3.63, 3.8) is 0 Å². The lowest BCUT2D eigenvalue weighted by Gasteiger charge is -2.24. The maximum Gasteiger partial charge on any atom is 0.243 e. The Labute approximate surface area is 207 Å². The topological polar surface area (TPSA) is 158 Å². The number of hydrogen-bond acceptors (Lipinski definition) is 6. The molecule has 1 saturated carbocycles. The number of likely N-dealkylation sites (N-methyl/N-ethyl adjacent to an activating group) is 1. The van der Waals surface area contributed by atoms with Crippen LogP contribution in [0.25, 0.3) is 0 Å². The Balaban J connectivity index is 1.94. The number of aryl methyl sites for hydroxylation is 1. The van der Waals surface area contributed by atoms with Crippen LogP contribution in [0, 0.1) is 17.2 Å². The number of hydrogen-bond donors (Lipinski definition) is 6. The number of carbonyl (C=O) groups is 3. The molecule has 0 saturated heterocycles. The van der Waals surface area contributed by atoms with Gasteiger partial charge in [-0.1, -0.05) is 26.7 Å². The summed E-state index contributed by atoms with van der Waals surface area (Å²) in [5, 5.41) is 19.0. The van der Waals surface area contributed by atoms with Crippen LogP contribution < -0.4 is 31.7 Å². The van der Waals surface area contributed by atoms with Crippen LogP contribution in [0.1, 0.15) is 50.7 Å². The minimum absolute atomic E-state index is 0.0104. The fourth-order valence-corrected chi connectivity index (χ4v) is 3.78. The van der Waals surface area contributed by atoms with Gasteiger partial charge in [0, 0.05) is 18.7 Å². The van der Waals surface area contributed by atoms with Gasteiger partial charge in [0.15, 0.2) is 0 Å². The molecule has 3 amide bonds. The molecule has 7 N–H and O–H groups in total. The van der Waals surface area contributed by atoms with Crippen LogP contribution in [-0.4, -0.2) is 62.9 Å². The number of nitrogens with one attached hydrogen (secondary N) is 5. The van der Waals surface area contributed by atoms with Crippen LogP contribution in [0.3, 0.4) is 0 Å². The third kappa shape index (κ3) is 9.56. The van der Waals surface area contributed by atoms with Gasteiger partial charge < -0.3 is 31.7 Å². The fourth-order valence-electron chi connectivity index (χ4n) is 3.78. The zero-order chi connectivity index (χ0) is 25.8. The van der Waals surface area contributed by atoms with E-state index < -0.39 is 12.1 Å². The first kappa shape index (κ1) is 28.1. The number of nitrogen functional groups attached to an aromatic ring is 1. The molecule has 0 unspecified atom stereocenters. The molecule has 1 aromatic rings. The summed E-state index contributed by atoms with van der Waals surface area (Å²) in [7, 11) is 1.85. The Kier molecular flexibility index (Phi) is 11.5. The van der Waals surface area contributed by atoms with Crippen LogP contribution in [0.5, 0.6) is 5.75 Å². The number of ether oxygens (including phenoxy) is 1. The lowest BCUT2D eigenvalue weighted by molar-refractivity contribution is -0.131. The Morgan fingerprint density at radius 1 is 1.23 bits per heavy atom. The van der Waals surface area contributed by atoms with E-state index in [0.717, 1.165) is 24.2 Å². The zero-order valence-corrected chi connectivity index (χ0v) is 21.0. The molecular formula is C25H40N6O4. The molecule has 2 rings (SSSR count). The second-order valence-corrected chi connectivity index (χ2v) is 9.33. The number of benzene rings is 1. The van der Waals surface area contributed by atoms with E-state index in [-0.39, 0.29) is 23.6 Å². The van der Waals surface area contributed by atoms with Crippen molar-refractivity contribution < 1.29 is 19.1 Å². The maximum atomic E-state index is 12.9. The summed E-state index contributed by atoms with van der Waals surface area (Å²) >= 11 is 0. The molecule has 1 aliphatic rings. The van der Waals surface area contributed by atoms with Gasteiger partial charge in [-0.2, -0.15) is 0 Å². The second kappa shape index (κ2) is 14.3. The van der Waals surface area contributed by atoms with Crippen molar-refractivity contribution in [2.24, 2.45) is 17.6 Å². The Bertz CT molecular complexity index is 872. The molecule has 35 heavy (non-hydrogen) atoms. The first-order valence-electron chi connectivity index (χ1n) is 12.3. The minimum Gasteiger partial charge on any atom is -0.492 e. The molecule has 1 fully saturated rings. The van der Waals surface area contributed by atoms with E-state index in [4.69, 9.17) is 15.9 Å². The van der Waals surface area contributed by atoms with Gasteiger partial charge in [-0.05, 0) is 61.9 Å². The molecule has 0 bridgehead atoms. The predicted molar refractivity (Wildman–Crippen MR) is 135 cm³/mol. The van der Waals surface area contributed by atoms with Crippen molar-refractivity contribution in [1.82, 2.24) is 21.3 Å². The van der Waals surface area contributed by atoms with Gasteiger partial charge in [-0.3, -0.25) is 19.8 Å². The first-order chi connectivity index (χ1) is 16.8. The Hall–Kier alpha value is -3.14. The van der Waals surface area contributed by atoms with Crippen molar-refractivity contribution in [1.29, 1.82) is 5.41 Å². The van der Waals surface area contributed by atoms with Crippen molar-refractivity contribution in [2.45, 2.75) is 58.0 Å². The standard InChI is InChI=1S/C25H40N6O4/c1-16(2)22(30-15-32)25(34)31-20(13-17-6-7-17)24(33)29-10-4-5-18-14-19(23(26)27)8-9-21(18)35-12-11-28-3/h8-9,14-17,20,22,28H,4-7,10-13H2,1-3H3,(H3,26,27)(H,29,33)(H,30,32)(H,31,34)/t20-,22+/m0/s1. The minimum atomic E-state index is -0.683. The molecule has 1 aliphatic carbocycles. The van der Waals surface area contributed by atoms with E-state index in [1.165, 1.54) is 0 Å². The Morgan fingerprint density at radius 2 is 1.97 bits per heavy atom. The van der Waals surface area contributed by atoms with Crippen LogP contribution >= 0.6 is 0 Å². The smallest absolute Gasteiger partial charge is 0.243 e. The number of amidine groups is 1. The number of amides is 3. The van der Waals surface area contributed by atoms with Crippen LogP contribution in [-0.2, 0) is 20.8 Å². The third-order valence-corrected chi connectivity index (χ3v) is 6.00. The number of nitrogens with two attached hydrogens (primary N) is 1. The van der Waals surface area contributed by atoms with E-state index in [9.17, 15) is 14.4 Å². The average Bonchev–Trinajstić information content (AvgIpc) is 3.64. The van der Waals surface area contributed by atoms with Crippen molar-refractivity contribution in [3.05, 3.63) is 29.3 Å². The molecule has 2 atom stereocenters. The van der Waals surface area contributed by atoms with Gasteiger partial charge in [0.2, 0.25) is 18.2 Å². The first-order valence-corrected chi connectivity index (χ1v) is 12.3. The largest absolute Gasteiger partial charge is 0.492 e. The van der Waals surface area contributed by atoms with Gasteiger partial charge >= 0.3 is 0 Å². The maximum absolute atomic E-state index is 12.9. The molecule has 1 aromatic carbocycles. The van der Waals surface area contributed by atoms with Gasteiger partial charge in [-0.25, -0.2) is 0 Å². The second-order valence-electron chi connectivity index (χ2n) is 9.33. The van der Waals surface area contributed by atoms with Crippen LogP contribution in [0.4, 0.5) is 0 Å². The normalized spacial score (nSPS) is 14.6. The third-order valence-electron chi connectivity index (χ3n) is 6.00. The van der Waals surface area contributed by atoms with E-state index in [1.54, 1.807) is 6.07 Å². The highest BCUT2D eigenvalue weighted by atomic mass is 16.5. The average molecular weight is 489 g/mol. The number of rotatable bonds is 17. The Morgan fingerprint density at radius 3 is 2.57 bits per heavy atom. The molecule has 0 aromatic heterocycles. The van der Waals surface area contributed by atoms with Gasteiger partial charge in [-0.15, -0.1) is 0 Å². The fraction of sp³-hybridized carbons (Fsp3) is 0.600. The van der Waals surface area contributed by atoms with E-state index in [2.05, 4.69) is 21.3 Å². The highest BCUT2D eigenvalue weighted by molar-refractivity contribution is 5.95. The lowest BCUT2D eigenvalue weighted by atomic mass is 10.0. The van der Waals surface area contributed by atoms with E-state index in [0.29, 0.717) is 56.9 Å². The monoisotopic (exact) mass is 488 g/mol. The molecule has 0 radical (unpaired) electrons. The van der Waals surface area contributed by atoms with Crippen molar-refractivity contribution in [3.8, 4) is 5.75 Å². The quantitative estimate of drug-likeness (QED) is 0.0818. The number of carbonyl (C=O) groups excluding carboxylic acids is 3. The van der Waals surface area contributed by atoms with Gasteiger partial charge in [0.1, 0.15) is 30.3 Å². The van der Waals surface area contributed by atoms with Gasteiger partial charge in [0.05, 0.1) is 0 Å². The molecule has 10 heteroatoms. The van der Waals surface area contributed by atoms with E-state index >= 15 is 0 Å².